The number of rotatable bonds is 4. The van der Waals surface area contributed by atoms with Crippen LogP contribution in [0.15, 0.2) is 12.8 Å². The van der Waals surface area contributed by atoms with Gasteiger partial charge in [-0.3, -0.25) is 0 Å². The molecule has 0 heterocycles. The molecule has 0 fully saturated rings. The molecule has 0 rings (SSSR count). The Kier molecular flexibility index (Phi) is 3.37. The van der Waals surface area contributed by atoms with Gasteiger partial charge in [0.1, 0.15) is 0 Å². The van der Waals surface area contributed by atoms with Crippen LogP contribution in [0.4, 0.5) is 9.05 Å². The molecule has 0 atom stereocenters. The summed E-state index contributed by atoms with van der Waals surface area (Å²) in [5.74, 6) is 0. The van der Waals surface area contributed by atoms with Crippen LogP contribution in [0.1, 0.15) is 0 Å². The van der Waals surface area contributed by atoms with Crippen molar-refractivity contribution in [1.29, 1.82) is 0 Å². The Labute approximate surface area is 49.4 Å². The Hall–Kier alpha value is -0.450. The highest BCUT2D eigenvalue weighted by atomic mass is 31.2. The first-order chi connectivity index (χ1) is 4.18. The average molecular weight is 160 g/mol. The van der Waals surface area contributed by atoms with Gasteiger partial charge in [-0.25, -0.2) is 4.57 Å². The molecule has 0 bridgehead atoms. The summed E-state index contributed by atoms with van der Waals surface area (Å²) in [6.07, 6.45) is 0.528. The molecule has 4 nitrogen and oxygen atoms in total. The standard InChI is InChI=1S/C2H3F2O4P/c1-2-6-9(5,7-3)8-4/h2H,1H2. The lowest BCUT2D eigenvalue weighted by molar-refractivity contribution is -0.111. The third kappa shape index (κ3) is 2.55. The highest BCUT2D eigenvalue weighted by molar-refractivity contribution is 7.48. The summed E-state index contributed by atoms with van der Waals surface area (Å²) < 4.78 is 40.6. The van der Waals surface area contributed by atoms with E-state index in [9.17, 15) is 13.6 Å². The maximum Gasteiger partial charge on any atom is 0.593 e. The van der Waals surface area contributed by atoms with E-state index in [-0.39, 0.29) is 0 Å². The first-order valence-electron chi connectivity index (χ1n) is 1.68. The topological polar surface area (TPSA) is 44.8 Å². The second-order valence-electron chi connectivity index (χ2n) is 0.857. The first kappa shape index (κ1) is 8.55. The van der Waals surface area contributed by atoms with E-state index >= 15 is 0 Å². The van der Waals surface area contributed by atoms with Gasteiger partial charge in [-0.2, -0.15) is 0 Å². The summed E-state index contributed by atoms with van der Waals surface area (Å²) in [6, 6.07) is 0. The molecule has 0 spiro atoms. The van der Waals surface area contributed by atoms with Crippen LogP contribution in [0.3, 0.4) is 0 Å². The first-order valence-corrected chi connectivity index (χ1v) is 3.14. The minimum atomic E-state index is -4.63. The van der Waals surface area contributed by atoms with Crippen molar-refractivity contribution in [2.24, 2.45) is 0 Å². The van der Waals surface area contributed by atoms with Gasteiger partial charge >= 0.3 is 7.82 Å². The molecule has 0 aromatic rings. The lowest BCUT2D eigenvalue weighted by atomic mass is 11.2. The Morgan fingerprint density at radius 1 is 1.44 bits per heavy atom. The molecule has 0 saturated carbocycles. The normalized spacial score (nSPS) is 10.9. The highest BCUT2D eigenvalue weighted by Crippen LogP contribution is 2.50. The van der Waals surface area contributed by atoms with Crippen molar-refractivity contribution in [3.05, 3.63) is 12.8 Å². The summed E-state index contributed by atoms with van der Waals surface area (Å²) in [7, 11) is -4.63. The number of hydrogen-bond donors (Lipinski definition) is 0. The minimum absolute atomic E-state index is 0.528. The van der Waals surface area contributed by atoms with Crippen LogP contribution in [-0.4, -0.2) is 0 Å². The fourth-order valence-corrected chi connectivity index (χ4v) is 0.403. The van der Waals surface area contributed by atoms with Gasteiger partial charge < -0.3 is 4.52 Å². The molecule has 7 heteroatoms. The molecule has 0 N–H and O–H groups in total. The van der Waals surface area contributed by atoms with Crippen LogP contribution in [0.25, 0.3) is 0 Å². The fraction of sp³-hybridized carbons (Fsp3) is 0. The monoisotopic (exact) mass is 160 g/mol. The number of phosphoric acid groups is 1. The van der Waals surface area contributed by atoms with Gasteiger partial charge in [0.25, 0.3) is 0 Å². The van der Waals surface area contributed by atoms with Gasteiger partial charge in [0.05, 0.1) is 6.26 Å². The maximum atomic E-state index is 10.9. The van der Waals surface area contributed by atoms with E-state index < -0.39 is 7.82 Å². The van der Waals surface area contributed by atoms with Gasteiger partial charge in [-0.15, -0.1) is 0 Å². The van der Waals surface area contributed by atoms with Gasteiger partial charge in [0, 0.05) is 0 Å². The molecule has 0 unspecified atom stereocenters. The Balaban J connectivity index is 3.93. The van der Waals surface area contributed by atoms with Crippen LogP contribution in [0.2, 0.25) is 0 Å². The molecular formula is C2H3F2O4P. The second kappa shape index (κ2) is 3.55. The molecule has 0 aromatic heterocycles. The largest absolute Gasteiger partial charge is 0.593 e. The SMILES string of the molecule is C=COP(=O)(OF)OF. The predicted octanol–water partition coefficient (Wildman–Crippen LogP) is 2.06. The smallest absolute Gasteiger partial charge is 0.409 e. The minimum Gasteiger partial charge on any atom is -0.409 e. The lowest BCUT2D eigenvalue weighted by Crippen LogP contribution is -1.82. The van der Waals surface area contributed by atoms with Crippen LogP contribution < -0.4 is 0 Å². The molecule has 0 aliphatic carbocycles. The molecule has 0 aliphatic heterocycles. The lowest BCUT2D eigenvalue weighted by Gasteiger charge is -2.01. The molecule has 9 heavy (non-hydrogen) atoms. The molecule has 0 saturated heterocycles. The van der Waals surface area contributed by atoms with Crippen molar-refractivity contribution in [2.45, 2.75) is 0 Å². The summed E-state index contributed by atoms with van der Waals surface area (Å²) in [5, 5.41) is 0. The Bertz CT molecular complexity index is 129. The van der Waals surface area contributed by atoms with E-state index in [0.717, 1.165) is 0 Å². The average Bonchev–Trinajstić information content (AvgIpc) is 1.89. The van der Waals surface area contributed by atoms with Gasteiger partial charge in [-0.05, 0) is 9.05 Å². The second-order valence-corrected chi connectivity index (χ2v) is 2.24. The third-order valence-corrected chi connectivity index (χ3v) is 1.12. The number of halogens is 2. The van der Waals surface area contributed by atoms with Crippen molar-refractivity contribution >= 4 is 7.82 Å². The van der Waals surface area contributed by atoms with Crippen molar-refractivity contribution < 1.29 is 27.6 Å². The van der Waals surface area contributed by atoms with E-state index in [1.165, 1.54) is 0 Å². The molecular weight excluding hydrogens is 157 g/mol. The van der Waals surface area contributed by atoms with Crippen LogP contribution in [-0.2, 0) is 18.5 Å². The highest BCUT2D eigenvalue weighted by Gasteiger charge is 2.29. The van der Waals surface area contributed by atoms with Gasteiger partial charge in [0.15, 0.2) is 0 Å². The van der Waals surface area contributed by atoms with Crippen molar-refractivity contribution in [3.8, 4) is 0 Å². The zero-order valence-electron chi connectivity index (χ0n) is 4.12. The van der Waals surface area contributed by atoms with E-state index in [1.807, 2.05) is 0 Å². The zero-order valence-corrected chi connectivity index (χ0v) is 5.02. The molecule has 54 valence electrons. The maximum absolute atomic E-state index is 10.9. The zero-order chi connectivity index (χ0) is 7.33. The Morgan fingerprint density at radius 2 is 1.89 bits per heavy atom. The fourth-order valence-electron chi connectivity index (χ4n) is 0.134. The summed E-state index contributed by atoms with van der Waals surface area (Å²) >= 11 is 0. The van der Waals surface area contributed by atoms with Crippen LogP contribution in [0, 0.1) is 0 Å². The third-order valence-electron chi connectivity index (χ3n) is 0.373. The van der Waals surface area contributed by atoms with Gasteiger partial charge in [-0.1, -0.05) is 16.0 Å². The number of hydrogen-bond acceptors (Lipinski definition) is 4. The molecule has 0 amide bonds. The molecule has 0 aliphatic rings. The van der Waals surface area contributed by atoms with E-state index in [0.29, 0.717) is 6.26 Å². The molecule has 0 radical (unpaired) electrons. The van der Waals surface area contributed by atoms with E-state index in [4.69, 9.17) is 0 Å². The van der Waals surface area contributed by atoms with Crippen LogP contribution >= 0.6 is 7.82 Å². The van der Waals surface area contributed by atoms with Crippen molar-refractivity contribution in [2.75, 3.05) is 0 Å². The van der Waals surface area contributed by atoms with E-state index in [1.54, 1.807) is 0 Å². The van der Waals surface area contributed by atoms with Crippen molar-refractivity contribution in [1.82, 2.24) is 0 Å². The molecule has 0 aromatic carbocycles. The van der Waals surface area contributed by atoms with E-state index in [2.05, 4.69) is 20.6 Å². The Morgan fingerprint density at radius 3 is 2.00 bits per heavy atom. The predicted molar refractivity (Wildman–Crippen MR) is 23.3 cm³/mol. The quantitative estimate of drug-likeness (QED) is 0.466. The summed E-state index contributed by atoms with van der Waals surface area (Å²) in [5.41, 5.74) is 0. The summed E-state index contributed by atoms with van der Waals surface area (Å²) in [6.45, 7) is 2.85. The van der Waals surface area contributed by atoms with Gasteiger partial charge in [0.2, 0.25) is 0 Å². The van der Waals surface area contributed by atoms with Crippen LogP contribution in [0.5, 0.6) is 0 Å². The summed E-state index contributed by atoms with van der Waals surface area (Å²) in [4.78, 5) is 0. The van der Waals surface area contributed by atoms with Crippen molar-refractivity contribution in [3.63, 3.8) is 0 Å².